The van der Waals surface area contributed by atoms with E-state index >= 15 is 0 Å². The zero-order valence-corrected chi connectivity index (χ0v) is 11.4. The molecule has 1 aromatic carbocycles. The summed E-state index contributed by atoms with van der Waals surface area (Å²) in [7, 11) is 0. The SMILES string of the molecule is CCNC(=O)N1C(=O)C2(OCCO2)c2cc(C)ccc21. The molecule has 0 aromatic heterocycles. The van der Waals surface area contributed by atoms with Crippen molar-refractivity contribution in [2.45, 2.75) is 19.6 Å². The first-order valence-electron chi connectivity index (χ1n) is 6.61. The number of urea groups is 1. The molecular formula is C14H16N2O4. The van der Waals surface area contributed by atoms with E-state index < -0.39 is 17.7 Å². The summed E-state index contributed by atoms with van der Waals surface area (Å²) in [5.41, 5.74) is 2.10. The van der Waals surface area contributed by atoms with E-state index in [0.29, 0.717) is 31.0 Å². The minimum atomic E-state index is -1.45. The molecule has 2 aliphatic rings. The lowest BCUT2D eigenvalue weighted by Crippen LogP contribution is -2.48. The Morgan fingerprint density at radius 1 is 1.40 bits per heavy atom. The summed E-state index contributed by atoms with van der Waals surface area (Å²) in [6, 6.07) is 4.97. The van der Waals surface area contributed by atoms with Gasteiger partial charge in [-0.1, -0.05) is 11.6 Å². The average Bonchev–Trinajstić information content (AvgIpc) is 2.98. The van der Waals surface area contributed by atoms with Crippen LogP contribution in [0.15, 0.2) is 18.2 Å². The van der Waals surface area contributed by atoms with Gasteiger partial charge in [0.05, 0.1) is 18.9 Å². The zero-order chi connectivity index (χ0) is 14.3. The average molecular weight is 276 g/mol. The van der Waals surface area contributed by atoms with E-state index in [1.54, 1.807) is 13.0 Å². The molecule has 0 aliphatic carbocycles. The van der Waals surface area contributed by atoms with Crippen molar-refractivity contribution in [2.24, 2.45) is 0 Å². The first-order valence-corrected chi connectivity index (χ1v) is 6.61. The summed E-state index contributed by atoms with van der Waals surface area (Å²) >= 11 is 0. The van der Waals surface area contributed by atoms with Crippen LogP contribution in [0.25, 0.3) is 0 Å². The summed E-state index contributed by atoms with van der Waals surface area (Å²) in [5.74, 6) is -1.94. The van der Waals surface area contributed by atoms with Crippen LogP contribution in [0.3, 0.4) is 0 Å². The van der Waals surface area contributed by atoms with Gasteiger partial charge in [-0.3, -0.25) is 4.79 Å². The highest BCUT2D eigenvalue weighted by atomic mass is 16.7. The maximum absolute atomic E-state index is 12.6. The second-order valence-corrected chi connectivity index (χ2v) is 4.81. The summed E-state index contributed by atoms with van der Waals surface area (Å²) in [6.45, 7) is 4.83. The van der Waals surface area contributed by atoms with Gasteiger partial charge in [-0.25, -0.2) is 9.69 Å². The fraction of sp³-hybridized carbons (Fsp3) is 0.429. The summed E-state index contributed by atoms with van der Waals surface area (Å²) in [6.07, 6.45) is 0. The number of amides is 3. The predicted octanol–water partition coefficient (Wildman–Crippen LogP) is 1.27. The lowest BCUT2D eigenvalue weighted by atomic mass is 10.0. The molecule has 0 radical (unpaired) electrons. The van der Waals surface area contributed by atoms with Gasteiger partial charge in [0.25, 0.3) is 5.79 Å². The lowest BCUT2D eigenvalue weighted by Gasteiger charge is -2.21. The number of nitrogens with zero attached hydrogens (tertiary/aromatic N) is 1. The van der Waals surface area contributed by atoms with Crippen LogP contribution in [-0.4, -0.2) is 31.7 Å². The maximum atomic E-state index is 12.6. The number of ether oxygens (including phenoxy) is 2. The lowest BCUT2D eigenvalue weighted by molar-refractivity contribution is -0.180. The third-order valence-electron chi connectivity index (χ3n) is 3.46. The van der Waals surface area contributed by atoms with Crippen LogP contribution < -0.4 is 10.2 Å². The van der Waals surface area contributed by atoms with Crippen molar-refractivity contribution in [3.05, 3.63) is 29.3 Å². The van der Waals surface area contributed by atoms with Crippen molar-refractivity contribution < 1.29 is 19.1 Å². The van der Waals surface area contributed by atoms with Crippen molar-refractivity contribution in [3.8, 4) is 0 Å². The quantitative estimate of drug-likeness (QED) is 0.838. The molecule has 0 bridgehead atoms. The van der Waals surface area contributed by atoms with Crippen LogP contribution >= 0.6 is 0 Å². The molecule has 2 heterocycles. The third kappa shape index (κ3) is 1.65. The van der Waals surface area contributed by atoms with E-state index in [2.05, 4.69) is 5.32 Å². The Labute approximate surface area is 116 Å². The van der Waals surface area contributed by atoms with Crippen LogP contribution in [0.1, 0.15) is 18.1 Å². The number of imide groups is 1. The van der Waals surface area contributed by atoms with Crippen molar-refractivity contribution in [3.63, 3.8) is 0 Å². The molecule has 1 fully saturated rings. The van der Waals surface area contributed by atoms with Crippen LogP contribution in [0, 0.1) is 6.92 Å². The van der Waals surface area contributed by atoms with Crippen LogP contribution in [0.2, 0.25) is 0 Å². The fourth-order valence-electron chi connectivity index (χ4n) is 2.60. The molecule has 0 unspecified atom stereocenters. The van der Waals surface area contributed by atoms with Gasteiger partial charge in [-0.05, 0) is 26.0 Å². The number of hydrogen-bond acceptors (Lipinski definition) is 4. The number of nitrogens with one attached hydrogen (secondary N) is 1. The Hall–Kier alpha value is -1.92. The van der Waals surface area contributed by atoms with E-state index in [1.165, 1.54) is 0 Å². The molecule has 3 rings (SSSR count). The molecule has 1 aromatic rings. The molecule has 3 amide bonds. The van der Waals surface area contributed by atoms with Crippen molar-refractivity contribution in [1.82, 2.24) is 5.32 Å². The molecule has 0 atom stereocenters. The zero-order valence-electron chi connectivity index (χ0n) is 11.4. The van der Waals surface area contributed by atoms with E-state index in [0.717, 1.165) is 10.5 Å². The van der Waals surface area contributed by atoms with Crippen molar-refractivity contribution in [1.29, 1.82) is 0 Å². The number of fused-ring (bicyclic) bond motifs is 2. The van der Waals surface area contributed by atoms with Gasteiger partial charge in [0.2, 0.25) is 0 Å². The number of aryl methyl sites for hydroxylation is 1. The molecule has 6 heteroatoms. The molecule has 1 spiro atoms. The van der Waals surface area contributed by atoms with E-state index in [4.69, 9.17) is 9.47 Å². The molecule has 106 valence electrons. The molecule has 20 heavy (non-hydrogen) atoms. The monoisotopic (exact) mass is 276 g/mol. The predicted molar refractivity (Wildman–Crippen MR) is 71.3 cm³/mol. The Morgan fingerprint density at radius 3 is 2.75 bits per heavy atom. The largest absolute Gasteiger partial charge is 0.338 e. The van der Waals surface area contributed by atoms with Gasteiger partial charge in [0.15, 0.2) is 0 Å². The van der Waals surface area contributed by atoms with Crippen LogP contribution in [0.4, 0.5) is 10.5 Å². The van der Waals surface area contributed by atoms with E-state index in [9.17, 15) is 9.59 Å². The fourth-order valence-corrected chi connectivity index (χ4v) is 2.60. The summed E-state index contributed by atoms with van der Waals surface area (Å²) in [5, 5.41) is 2.63. The van der Waals surface area contributed by atoms with Crippen molar-refractivity contribution >= 4 is 17.6 Å². The smallest absolute Gasteiger partial charge is 0.328 e. The number of benzene rings is 1. The van der Waals surface area contributed by atoms with Gasteiger partial charge in [0.1, 0.15) is 0 Å². The third-order valence-corrected chi connectivity index (χ3v) is 3.46. The summed E-state index contributed by atoms with van der Waals surface area (Å²) in [4.78, 5) is 25.9. The molecule has 0 saturated carbocycles. The Morgan fingerprint density at radius 2 is 2.10 bits per heavy atom. The highest BCUT2D eigenvalue weighted by Gasteiger charge is 2.57. The van der Waals surface area contributed by atoms with Gasteiger partial charge >= 0.3 is 11.9 Å². The van der Waals surface area contributed by atoms with Crippen LogP contribution in [-0.2, 0) is 20.1 Å². The molecule has 6 nitrogen and oxygen atoms in total. The normalized spacial score (nSPS) is 19.5. The highest BCUT2D eigenvalue weighted by Crippen LogP contribution is 2.45. The molecule has 1 saturated heterocycles. The van der Waals surface area contributed by atoms with E-state index in [1.807, 2.05) is 19.1 Å². The van der Waals surface area contributed by atoms with Crippen molar-refractivity contribution in [2.75, 3.05) is 24.7 Å². The first-order chi connectivity index (χ1) is 9.60. The number of rotatable bonds is 1. The molecule has 1 N–H and O–H groups in total. The number of anilines is 1. The number of hydrogen-bond donors (Lipinski definition) is 1. The minimum absolute atomic E-state index is 0.336. The second-order valence-electron chi connectivity index (χ2n) is 4.81. The van der Waals surface area contributed by atoms with Gasteiger partial charge in [0, 0.05) is 12.1 Å². The standard InChI is InChI=1S/C14H16N2O4/c1-3-15-13(18)16-11-5-4-9(2)8-10(11)14(12(16)17)19-6-7-20-14/h4-5,8H,3,6-7H2,1-2H3,(H,15,18). The van der Waals surface area contributed by atoms with Gasteiger partial charge < -0.3 is 14.8 Å². The molecule has 2 aliphatic heterocycles. The first kappa shape index (κ1) is 13.1. The van der Waals surface area contributed by atoms with Crippen LogP contribution in [0.5, 0.6) is 0 Å². The van der Waals surface area contributed by atoms with Gasteiger partial charge in [-0.15, -0.1) is 0 Å². The summed E-state index contributed by atoms with van der Waals surface area (Å²) < 4.78 is 11.1. The Kier molecular flexibility index (Phi) is 2.99. The minimum Gasteiger partial charge on any atom is -0.338 e. The Bertz CT molecular complexity index is 579. The number of carbonyl (C=O) groups is 2. The Balaban J connectivity index is 2.13. The second kappa shape index (κ2) is 4.57. The highest BCUT2D eigenvalue weighted by molar-refractivity contribution is 6.21. The number of carbonyl (C=O) groups excluding carboxylic acids is 2. The maximum Gasteiger partial charge on any atom is 0.328 e. The van der Waals surface area contributed by atoms with Gasteiger partial charge in [-0.2, -0.15) is 0 Å². The molecular weight excluding hydrogens is 260 g/mol. The van der Waals surface area contributed by atoms with E-state index in [-0.39, 0.29) is 0 Å². The topological polar surface area (TPSA) is 67.9 Å².